The molecule has 108 valence electrons. The zero-order valence-electron chi connectivity index (χ0n) is 12.6. The van der Waals surface area contributed by atoms with E-state index >= 15 is 0 Å². The lowest BCUT2D eigenvalue weighted by molar-refractivity contribution is -0.120. The van der Waals surface area contributed by atoms with Gasteiger partial charge in [-0.05, 0) is 52.3 Å². The molecular weight excluding hydrogens is 252 g/mol. The monoisotopic (exact) mass is 274 g/mol. The lowest BCUT2D eigenvalue weighted by Gasteiger charge is -2.25. The van der Waals surface area contributed by atoms with Crippen molar-refractivity contribution in [2.75, 3.05) is 39.5 Å². The van der Waals surface area contributed by atoms with Gasteiger partial charge in [0.05, 0.1) is 17.7 Å². The maximum absolute atomic E-state index is 12.1. The summed E-state index contributed by atoms with van der Waals surface area (Å²) in [6.45, 7) is 3.62. The third kappa shape index (κ3) is 5.00. The van der Waals surface area contributed by atoms with Crippen LogP contribution in [-0.2, 0) is 4.79 Å². The number of carbonyl (C=O) groups excluding carboxylic acids is 1. The van der Waals surface area contributed by atoms with Crippen LogP contribution in [0.1, 0.15) is 12.5 Å². The average Bonchev–Trinajstić information content (AvgIpc) is 2.44. The van der Waals surface area contributed by atoms with Gasteiger partial charge in [-0.15, -0.1) is 0 Å². The van der Waals surface area contributed by atoms with E-state index in [4.69, 9.17) is 5.26 Å². The van der Waals surface area contributed by atoms with Crippen molar-refractivity contribution in [2.45, 2.75) is 13.0 Å². The molecule has 5 nitrogen and oxygen atoms in total. The van der Waals surface area contributed by atoms with Gasteiger partial charge in [-0.25, -0.2) is 0 Å². The van der Waals surface area contributed by atoms with E-state index in [2.05, 4.69) is 16.3 Å². The number of amides is 1. The Labute approximate surface area is 120 Å². The third-order valence-electron chi connectivity index (χ3n) is 3.22. The minimum absolute atomic E-state index is 0.0454. The molecule has 20 heavy (non-hydrogen) atoms. The van der Waals surface area contributed by atoms with Crippen molar-refractivity contribution in [3.8, 4) is 6.07 Å². The number of nitrogens with zero attached hydrogens (tertiary/aromatic N) is 3. The van der Waals surface area contributed by atoms with Crippen molar-refractivity contribution < 1.29 is 4.79 Å². The Morgan fingerprint density at radius 2 is 1.85 bits per heavy atom. The van der Waals surface area contributed by atoms with Crippen LogP contribution in [0.5, 0.6) is 0 Å². The summed E-state index contributed by atoms with van der Waals surface area (Å²) >= 11 is 0. The Morgan fingerprint density at radius 3 is 2.35 bits per heavy atom. The van der Waals surface area contributed by atoms with E-state index in [9.17, 15) is 4.79 Å². The van der Waals surface area contributed by atoms with Gasteiger partial charge in [-0.1, -0.05) is 0 Å². The van der Waals surface area contributed by atoms with Crippen LogP contribution in [0.4, 0.5) is 5.69 Å². The fourth-order valence-electron chi connectivity index (χ4n) is 1.63. The number of likely N-dealkylation sites (N-methyl/N-ethyl adjacent to an activating group) is 2. The zero-order chi connectivity index (χ0) is 15.1. The predicted octanol–water partition coefficient (Wildman–Crippen LogP) is 1.38. The minimum atomic E-state index is -0.203. The molecule has 1 aromatic rings. The molecule has 1 rings (SSSR count). The molecule has 1 N–H and O–H groups in total. The van der Waals surface area contributed by atoms with E-state index in [1.54, 1.807) is 24.3 Å². The quantitative estimate of drug-likeness (QED) is 0.851. The van der Waals surface area contributed by atoms with E-state index in [-0.39, 0.29) is 11.9 Å². The molecule has 0 bridgehead atoms. The molecule has 0 aliphatic heterocycles. The lowest BCUT2D eigenvalue weighted by Crippen LogP contribution is -2.42. The van der Waals surface area contributed by atoms with Gasteiger partial charge in [0.2, 0.25) is 5.91 Å². The highest BCUT2D eigenvalue weighted by Gasteiger charge is 2.17. The van der Waals surface area contributed by atoms with Crippen molar-refractivity contribution in [1.29, 1.82) is 5.26 Å². The Balaban J connectivity index is 2.54. The van der Waals surface area contributed by atoms with Gasteiger partial charge in [0, 0.05) is 18.8 Å². The van der Waals surface area contributed by atoms with Gasteiger partial charge < -0.3 is 10.2 Å². The second kappa shape index (κ2) is 7.63. The normalized spacial score (nSPS) is 12.2. The fraction of sp³-hybridized carbons (Fsp3) is 0.467. The first-order valence-electron chi connectivity index (χ1n) is 6.60. The molecule has 1 amide bonds. The molecule has 0 saturated heterocycles. The Bertz CT molecular complexity index is 476. The van der Waals surface area contributed by atoms with Crippen LogP contribution >= 0.6 is 0 Å². The van der Waals surface area contributed by atoms with Crippen LogP contribution in [0.2, 0.25) is 0 Å². The number of carbonyl (C=O) groups is 1. The number of anilines is 1. The molecule has 0 saturated carbocycles. The second-order valence-electron chi connectivity index (χ2n) is 5.14. The number of rotatable bonds is 6. The summed E-state index contributed by atoms with van der Waals surface area (Å²) < 4.78 is 0. The highest BCUT2D eigenvalue weighted by atomic mass is 16.2. The molecule has 0 spiro atoms. The smallest absolute Gasteiger partial charge is 0.241 e. The highest BCUT2D eigenvalue weighted by Crippen LogP contribution is 2.10. The Morgan fingerprint density at radius 1 is 1.25 bits per heavy atom. The zero-order valence-corrected chi connectivity index (χ0v) is 12.6. The van der Waals surface area contributed by atoms with Crippen LogP contribution in [0.15, 0.2) is 24.3 Å². The Hall–Kier alpha value is -1.90. The van der Waals surface area contributed by atoms with Crippen LogP contribution in [0, 0.1) is 11.3 Å². The van der Waals surface area contributed by atoms with Crippen molar-refractivity contribution in [2.24, 2.45) is 0 Å². The van der Waals surface area contributed by atoms with Crippen molar-refractivity contribution in [3.05, 3.63) is 29.8 Å². The number of hydrogen-bond acceptors (Lipinski definition) is 4. The topological polar surface area (TPSA) is 59.4 Å². The summed E-state index contributed by atoms with van der Waals surface area (Å²) in [7, 11) is 5.96. The van der Waals surface area contributed by atoms with Crippen LogP contribution in [0.25, 0.3) is 0 Å². The van der Waals surface area contributed by atoms with Crippen LogP contribution in [0.3, 0.4) is 0 Å². The largest absolute Gasteiger partial charge is 0.325 e. The lowest BCUT2D eigenvalue weighted by atomic mass is 10.2. The van der Waals surface area contributed by atoms with Gasteiger partial charge in [0.25, 0.3) is 0 Å². The third-order valence-corrected chi connectivity index (χ3v) is 3.22. The molecule has 1 atom stereocenters. The van der Waals surface area contributed by atoms with Gasteiger partial charge in [-0.3, -0.25) is 9.69 Å². The summed E-state index contributed by atoms with van der Waals surface area (Å²) in [6, 6.07) is 8.71. The standard InChI is InChI=1S/C15H22N4O/c1-12(19(4)10-9-18(2)3)15(20)17-14-7-5-13(11-16)6-8-14/h5-8,12H,9-10H2,1-4H3,(H,17,20). The molecular formula is C15H22N4O. The number of benzene rings is 1. The summed E-state index contributed by atoms with van der Waals surface area (Å²) in [6.07, 6.45) is 0. The minimum Gasteiger partial charge on any atom is -0.325 e. The maximum Gasteiger partial charge on any atom is 0.241 e. The SMILES string of the molecule is CC(C(=O)Nc1ccc(C#N)cc1)N(C)CCN(C)C. The first kappa shape index (κ1) is 16.2. The average molecular weight is 274 g/mol. The van der Waals surface area contributed by atoms with Crippen LogP contribution < -0.4 is 5.32 Å². The molecule has 0 aromatic heterocycles. The highest BCUT2D eigenvalue weighted by molar-refractivity contribution is 5.94. The summed E-state index contributed by atoms with van der Waals surface area (Å²) in [4.78, 5) is 16.2. The molecule has 1 aromatic carbocycles. The van der Waals surface area contributed by atoms with E-state index < -0.39 is 0 Å². The van der Waals surface area contributed by atoms with Gasteiger partial charge in [0.15, 0.2) is 0 Å². The van der Waals surface area contributed by atoms with E-state index in [1.165, 1.54) is 0 Å². The van der Waals surface area contributed by atoms with Crippen molar-refractivity contribution in [3.63, 3.8) is 0 Å². The molecule has 0 heterocycles. The molecule has 0 fully saturated rings. The fourth-order valence-corrected chi connectivity index (χ4v) is 1.63. The van der Waals surface area contributed by atoms with Gasteiger partial charge in [-0.2, -0.15) is 5.26 Å². The van der Waals surface area contributed by atoms with E-state index in [0.29, 0.717) is 11.3 Å². The molecule has 0 aliphatic carbocycles. The number of nitriles is 1. The van der Waals surface area contributed by atoms with Crippen LogP contribution in [-0.4, -0.2) is 56.0 Å². The summed E-state index contributed by atoms with van der Waals surface area (Å²) in [5.41, 5.74) is 1.29. The molecule has 0 radical (unpaired) electrons. The van der Waals surface area contributed by atoms with Crippen molar-refractivity contribution in [1.82, 2.24) is 9.80 Å². The number of hydrogen-bond donors (Lipinski definition) is 1. The molecule has 0 aliphatic rings. The molecule has 1 unspecified atom stereocenters. The van der Waals surface area contributed by atoms with Gasteiger partial charge >= 0.3 is 0 Å². The van der Waals surface area contributed by atoms with E-state index in [1.807, 2.05) is 33.0 Å². The molecule has 5 heteroatoms. The second-order valence-corrected chi connectivity index (χ2v) is 5.14. The first-order chi connectivity index (χ1) is 9.43. The summed E-state index contributed by atoms with van der Waals surface area (Å²) in [5.74, 6) is -0.0454. The first-order valence-corrected chi connectivity index (χ1v) is 6.60. The number of nitrogens with one attached hydrogen (secondary N) is 1. The Kier molecular flexibility index (Phi) is 6.16. The summed E-state index contributed by atoms with van der Waals surface area (Å²) in [5, 5.41) is 11.6. The maximum atomic E-state index is 12.1. The van der Waals surface area contributed by atoms with Gasteiger partial charge in [0.1, 0.15) is 0 Å². The van der Waals surface area contributed by atoms with E-state index in [0.717, 1.165) is 13.1 Å². The predicted molar refractivity (Wildman–Crippen MR) is 80.4 cm³/mol. The van der Waals surface area contributed by atoms with Crippen molar-refractivity contribution >= 4 is 11.6 Å².